The lowest BCUT2D eigenvalue weighted by Crippen LogP contribution is -2.08. The van der Waals surface area contributed by atoms with Gasteiger partial charge in [-0.2, -0.15) is 4.98 Å². The molecule has 0 aromatic carbocycles. The third-order valence-corrected chi connectivity index (χ3v) is 3.19. The van der Waals surface area contributed by atoms with Gasteiger partial charge in [-0.1, -0.05) is 6.07 Å². The van der Waals surface area contributed by atoms with Crippen molar-refractivity contribution >= 4 is 28.8 Å². The van der Waals surface area contributed by atoms with Crippen LogP contribution in [0.1, 0.15) is 11.8 Å². The Labute approximate surface area is 113 Å². The summed E-state index contributed by atoms with van der Waals surface area (Å²) in [4.78, 5) is 19.5. The lowest BCUT2D eigenvalue weighted by atomic mass is 10.4. The Kier molecular flexibility index (Phi) is 4.24. The summed E-state index contributed by atoms with van der Waals surface area (Å²) in [5, 5.41) is 18.8. The van der Waals surface area contributed by atoms with Crippen LogP contribution in [-0.2, 0) is 6.54 Å². The van der Waals surface area contributed by atoms with Gasteiger partial charge in [-0.3, -0.25) is 10.1 Å². The average molecular weight is 279 g/mol. The first kappa shape index (κ1) is 13.2. The zero-order valence-corrected chi connectivity index (χ0v) is 11.1. The maximum absolute atomic E-state index is 10.9. The van der Waals surface area contributed by atoms with Crippen LogP contribution < -0.4 is 10.6 Å². The van der Waals surface area contributed by atoms with Crippen molar-refractivity contribution in [1.29, 1.82) is 0 Å². The monoisotopic (exact) mass is 279 g/mol. The fourth-order valence-electron chi connectivity index (χ4n) is 1.47. The van der Waals surface area contributed by atoms with Crippen LogP contribution in [0.3, 0.4) is 0 Å². The van der Waals surface area contributed by atoms with E-state index in [1.807, 2.05) is 24.4 Å². The fourth-order valence-corrected chi connectivity index (χ4v) is 2.11. The number of anilines is 2. The topological polar surface area (TPSA) is 93.0 Å². The summed E-state index contributed by atoms with van der Waals surface area (Å²) in [6.45, 7) is 3.06. The lowest BCUT2D eigenvalue weighted by molar-refractivity contribution is -0.384. The molecule has 0 spiro atoms. The highest BCUT2D eigenvalue weighted by Crippen LogP contribution is 2.23. The van der Waals surface area contributed by atoms with Crippen molar-refractivity contribution in [2.24, 2.45) is 0 Å². The molecule has 2 aromatic rings. The maximum atomic E-state index is 10.9. The van der Waals surface area contributed by atoms with E-state index in [1.54, 1.807) is 11.3 Å². The fraction of sp³-hybridized carbons (Fsp3) is 0.273. The standard InChI is InChI=1S/C11H13N5O2S/c1-2-12-11-14-7-9(16(17)18)10(15-11)13-6-8-4-3-5-19-8/h3-5,7H,2,6H2,1H3,(H2,12,13,14,15). The summed E-state index contributed by atoms with van der Waals surface area (Å²) >= 11 is 1.58. The molecule has 0 saturated carbocycles. The van der Waals surface area contributed by atoms with Crippen LogP contribution in [0.15, 0.2) is 23.7 Å². The summed E-state index contributed by atoms with van der Waals surface area (Å²) in [6, 6.07) is 3.88. The van der Waals surface area contributed by atoms with Gasteiger partial charge < -0.3 is 10.6 Å². The molecule has 0 aliphatic carbocycles. The smallest absolute Gasteiger partial charge is 0.329 e. The van der Waals surface area contributed by atoms with E-state index in [-0.39, 0.29) is 11.5 Å². The SMILES string of the molecule is CCNc1ncc([N+](=O)[O-])c(NCc2cccs2)n1. The van der Waals surface area contributed by atoms with Crippen molar-refractivity contribution in [3.63, 3.8) is 0 Å². The Hall–Kier alpha value is -2.22. The summed E-state index contributed by atoms with van der Waals surface area (Å²) in [5.74, 6) is 0.603. The van der Waals surface area contributed by atoms with E-state index >= 15 is 0 Å². The van der Waals surface area contributed by atoms with E-state index in [4.69, 9.17) is 0 Å². The lowest BCUT2D eigenvalue weighted by Gasteiger charge is -2.07. The van der Waals surface area contributed by atoms with Gasteiger partial charge in [0.15, 0.2) is 0 Å². The Bertz CT molecular complexity index is 558. The van der Waals surface area contributed by atoms with Crippen molar-refractivity contribution in [3.8, 4) is 0 Å². The molecule has 2 aromatic heterocycles. The third-order valence-electron chi connectivity index (χ3n) is 2.31. The highest BCUT2D eigenvalue weighted by atomic mass is 32.1. The van der Waals surface area contributed by atoms with Gasteiger partial charge in [-0.15, -0.1) is 11.3 Å². The number of nitrogens with zero attached hydrogens (tertiary/aromatic N) is 3. The second kappa shape index (κ2) is 6.10. The van der Waals surface area contributed by atoms with E-state index in [0.29, 0.717) is 19.0 Å². The van der Waals surface area contributed by atoms with Gasteiger partial charge in [0.1, 0.15) is 6.20 Å². The van der Waals surface area contributed by atoms with Gasteiger partial charge >= 0.3 is 5.69 Å². The Morgan fingerprint density at radius 3 is 2.95 bits per heavy atom. The van der Waals surface area contributed by atoms with E-state index < -0.39 is 4.92 Å². The zero-order chi connectivity index (χ0) is 13.7. The molecule has 7 nitrogen and oxygen atoms in total. The Morgan fingerprint density at radius 2 is 2.32 bits per heavy atom. The number of rotatable bonds is 6. The van der Waals surface area contributed by atoms with E-state index in [1.165, 1.54) is 6.20 Å². The largest absolute Gasteiger partial charge is 0.359 e. The summed E-state index contributed by atoms with van der Waals surface area (Å²) < 4.78 is 0. The molecule has 0 radical (unpaired) electrons. The van der Waals surface area contributed by atoms with Gasteiger partial charge in [0.25, 0.3) is 0 Å². The Balaban J connectivity index is 2.19. The molecule has 0 aliphatic heterocycles. The molecule has 0 bridgehead atoms. The normalized spacial score (nSPS) is 10.2. The number of thiophene rings is 1. The minimum Gasteiger partial charge on any atom is -0.359 e. The minimum atomic E-state index is -0.494. The van der Waals surface area contributed by atoms with Gasteiger partial charge in [0.05, 0.1) is 11.5 Å². The molecule has 100 valence electrons. The van der Waals surface area contributed by atoms with Gasteiger partial charge in [-0.25, -0.2) is 4.98 Å². The predicted octanol–water partition coefficient (Wildman–Crippen LogP) is 2.49. The highest BCUT2D eigenvalue weighted by Gasteiger charge is 2.16. The molecule has 2 heterocycles. The quantitative estimate of drug-likeness (QED) is 0.623. The first-order valence-corrected chi connectivity index (χ1v) is 6.60. The minimum absolute atomic E-state index is 0.127. The number of aromatic nitrogens is 2. The van der Waals surface area contributed by atoms with Gasteiger partial charge in [0.2, 0.25) is 11.8 Å². The zero-order valence-electron chi connectivity index (χ0n) is 10.3. The summed E-state index contributed by atoms with van der Waals surface area (Å²) in [7, 11) is 0. The molecule has 2 N–H and O–H groups in total. The van der Waals surface area contributed by atoms with Gasteiger partial charge in [0, 0.05) is 11.4 Å². The van der Waals surface area contributed by atoms with Crippen LogP contribution in [0.2, 0.25) is 0 Å². The van der Waals surface area contributed by atoms with Crippen LogP contribution in [0.5, 0.6) is 0 Å². The molecular weight excluding hydrogens is 266 g/mol. The molecule has 0 aliphatic rings. The predicted molar refractivity (Wildman–Crippen MR) is 74.5 cm³/mol. The molecule has 0 atom stereocenters. The molecule has 0 fully saturated rings. The first-order chi connectivity index (χ1) is 9.20. The highest BCUT2D eigenvalue weighted by molar-refractivity contribution is 7.09. The second-order valence-corrected chi connectivity index (χ2v) is 4.68. The third kappa shape index (κ3) is 3.38. The molecule has 0 amide bonds. The van der Waals surface area contributed by atoms with Crippen LogP contribution in [0.25, 0.3) is 0 Å². The number of hydrogen-bond donors (Lipinski definition) is 2. The van der Waals surface area contributed by atoms with Crippen LogP contribution in [0, 0.1) is 10.1 Å². The molecule has 0 unspecified atom stereocenters. The van der Waals surface area contributed by atoms with Crippen LogP contribution in [-0.4, -0.2) is 21.4 Å². The average Bonchev–Trinajstić information content (AvgIpc) is 2.89. The molecule has 0 saturated heterocycles. The maximum Gasteiger partial charge on any atom is 0.329 e. The van der Waals surface area contributed by atoms with Crippen molar-refractivity contribution in [3.05, 3.63) is 38.7 Å². The number of nitrogens with one attached hydrogen (secondary N) is 2. The first-order valence-electron chi connectivity index (χ1n) is 5.72. The van der Waals surface area contributed by atoms with E-state index in [0.717, 1.165) is 4.88 Å². The molecule has 19 heavy (non-hydrogen) atoms. The van der Waals surface area contributed by atoms with E-state index in [2.05, 4.69) is 20.6 Å². The molecule has 2 rings (SSSR count). The van der Waals surface area contributed by atoms with Crippen LogP contribution in [0.4, 0.5) is 17.5 Å². The van der Waals surface area contributed by atoms with Crippen molar-refractivity contribution in [1.82, 2.24) is 9.97 Å². The van der Waals surface area contributed by atoms with Crippen molar-refractivity contribution < 1.29 is 4.92 Å². The summed E-state index contributed by atoms with van der Waals surface area (Å²) in [5.41, 5.74) is -0.127. The molecular formula is C11H13N5O2S. The van der Waals surface area contributed by atoms with Crippen molar-refractivity contribution in [2.75, 3.05) is 17.2 Å². The molecule has 8 heteroatoms. The number of hydrogen-bond acceptors (Lipinski definition) is 7. The van der Waals surface area contributed by atoms with E-state index in [9.17, 15) is 10.1 Å². The Morgan fingerprint density at radius 1 is 1.47 bits per heavy atom. The number of nitro groups is 1. The van der Waals surface area contributed by atoms with Gasteiger partial charge in [-0.05, 0) is 18.4 Å². The van der Waals surface area contributed by atoms with Crippen LogP contribution >= 0.6 is 11.3 Å². The summed E-state index contributed by atoms with van der Waals surface area (Å²) in [6.07, 6.45) is 1.21. The van der Waals surface area contributed by atoms with Crippen molar-refractivity contribution in [2.45, 2.75) is 13.5 Å². The second-order valence-electron chi connectivity index (χ2n) is 3.65.